The van der Waals surface area contributed by atoms with E-state index in [1.165, 1.54) is 9.80 Å². The zero-order chi connectivity index (χ0) is 30.3. The second-order valence-corrected chi connectivity index (χ2v) is 13.0. The Morgan fingerprint density at radius 2 is 1.83 bits per heavy atom. The first kappa shape index (κ1) is 29.9. The number of halogens is 2. The standard InChI is InChI=1S/C32H39F2N5O3/c1-30(2,3)22-6-8-24(9-7-22)39(28(41)27-17-25(40)19-38(27)20-35)32(13-4-5-21-12-16-36-18-26(21)32)29(42)37-23-10-14-31(33,34)15-11-23/h6-9,12,16,18,23,25,27,40H,4-5,10-11,13-15,17,19H2,1-3H3,(H,37,42)/t25-,27-,32?/m1/s1. The fourth-order valence-corrected chi connectivity index (χ4v) is 6.70. The van der Waals surface area contributed by atoms with Crippen LogP contribution in [0.2, 0.25) is 0 Å². The molecular formula is C32H39F2N5O3. The van der Waals surface area contributed by atoms with Gasteiger partial charge >= 0.3 is 0 Å². The summed E-state index contributed by atoms with van der Waals surface area (Å²) in [6.45, 7) is 6.28. The van der Waals surface area contributed by atoms with E-state index in [2.05, 4.69) is 31.1 Å². The van der Waals surface area contributed by atoms with Crippen LogP contribution in [0.3, 0.4) is 0 Å². The predicted octanol–water partition coefficient (Wildman–Crippen LogP) is 4.55. The van der Waals surface area contributed by atoms with Gasteiger partial charge in [-0.3, -0.25) is 24.4 Å². The number of anilines is 1. The van der Waals surface area contributed by atoms with Crippen molar-refractivity contribution in [1.29, 1.82) is 5.26 Å². The summed E-state index contributed by atoms with van der Waals surface area (Å²) >= 11 is 0. The lowest BCUT2D eigenvalue weighted by Gasteiger charge is -2.47. The Bertz CT molecular complexity index is 1360. The molecule has 1 aromatic heterocycles. The first-order chi connectivity index (χ1) is 19.9. The molecule has 1 aromatic carbocycles. The van der Waals surface area contributed by atoms with Crippen LogP contribution in [-0.2, 0) is 27.0 Å². The van der Waals surface area contributed by atoms with Crippen LogP contribution in [-0.4, -0.2) is 57.5 Å². The van der Waals surface area contributed by atoms with Crippen molar-refractivity contribution in [1.82, 2.24) is 15.2 Å². The second-order valence-electron chi connectivity index (χ2n) is 13.0. The van der Waals surface area contributed by atoms with Crippen LogP contribution in [0.5, 0.6) is 0 Å². The maximum absolute atomic E-state index is 14.7. The monoisotopic (exact) mass is 579 g/mol. The number of β-amino-alcohol motifs (C(OH)–C–C–N with tert-alkyl or cyclic N) is 1. The number of aryl methyl sites for hydroxylation is 1. The number of hydrogen-bond acceptors (Lipinski definition) is 6. The number of carbonyl (C=O) groups is 2. The molecule has 1 saturated carbocycles. The minimum Gasteiger partial charge on any atom is -0.391 e. The van der Waals surface area contributed by atoms with Gasteiger partial charge in [-0.1, -0.05) is 32.9 Å². The average molecular weight is 580 g/mol. The molecule has 8 nitrogen and oxygen atoms in total. The van der Waals surface area contributed by atoms with Gasteiger partial charge in [0.25, 0.3) is 11.8 Å². The third-order valence-electron chi connectivity index (χ3n) is 9.06. The molecule has 2 aromatic rings. The lowest BCUT2D eigenvalue weighted by atomic mass is 9.74. The summed E-state index contributed by atoms with van der Waals surface area (Å²) in [7, 11) is 0. The highest BCUT2D eigenvalue weighted by atomic mass is 19.3. The number of aliphatic hydroxyl groups excluding tert-OH is 1. The predicted molar refractivity (Wildman–Crippen MR) is 154 cm³/mol. The zero-order valence-electron chi connectivity index (χ0n) is 24.4. The first-order valence-corrected chi connectivity index (χ1v) is 14.8. The molecule has 10 heteroatoms. The zero-order valence-corrected chi connectivity index (χ0v) is 24.4. The largest absolute Gasteiger partial charge is 0.391 e. The number of nitrogens with one attached hydrogen (secondary N) is 1. The molecule has 2 N–H and O–H groups in total. The molecular weight excluding hydrogens is 540 g/mol. The molecule has 1 unspecified atom stereocenters. The van der Waals surface area contributed by atoms with Crippen molar-refractivity contribution in [2.45, 2.75) is 107 Å². The molecule has 1 saturated heterocycles. The molecule has 1 aliphatic heterocycles. The van der Waals surface area contributed by atoms with Crippen LogP contribution in [0, 0.1) is 11.5 Å². The van der Waals surface area contributed by atoms with E-state index in [9.17, 15) is 28.7 Å². The first-order valence-electron chi connectivity index (χ1n) is 14.8. The minimum absolute atomic E-state index is 0.0251. The number of likely N-dealkylation sites (tertiary alicyclic amines) is 1. The number of amides is 2. The van der Waals surface area contributed by atoms with E-state index in [4.69, 9.17) is 0 Å². The summed E-state index contributed by atoms with van der Waals surface area (Å²) in [6, 6.07) is 7.94. The highest BCUT2D eigenvalue weighted by molar-refractivity contribution is 6.06. The summed E-state index contributed by atoms with van der Waals surface area (Å²) in [5, 5.41) is 23.3. The number of fused-ring (bicyclic) bond motifs is 1. The highest BCUT2D eigenvalue weighted by Crippen LogP contribution is 2.45. The lowest BCUT2D eigenvalue weighted by Crippen LogP contribution is -2.64. The number of pyridine rings is 1. The number of aliphatic hydroxyl groups is 1. The molecule has 0 bridgehead atoms. The molecule has 2 heterocycles. The lowest BCUT2D eigenvalue weighted by molar-refractivity contribution is -0.134. The Hall–Kier alpha value is -3.58. The minimum atomic E-state index is -2.75. The maximum atomic E-state index is 14.7. The van der Waals surface area contributed by atoms with Crippen LogP contribution in [0.15, 0.2) is 42.7 Å². The van der Waals surface area contributed by atoms with Gasteiger partial charge in [-0.05, 0) is 66.8 Å². The second kappa shape index (κ2) is 11.3. The molecule has 2 amide bonds. The number of nitrogens with zero attached hydrogens (tertiary/aromatic N) is 4. The highest BCUT2D eigenvalue weighted by Gasteiger charge is 2.54. The van der Waals surface area contributed by atoms with Gasteiger partial charge in [0, 0.05) is 48.9 Å². The van der Waals surface area contributed by atoms with Crippen LogP contribution >= 0.6 is 0 Å². The summed E-state index contributed by atoms with van der Waals surface area (Å²) in [5.41, 5.74) is 1.31. The fraction of sp³-hybridized carbons (Fsp3) is 0.562. The normalized spacial score (nSPS) is 25.8. The van der Waals surface area contributed by atoms with Crippen molar-refractivity contribution in [3.05, 3.63) is 59.4 Å². The number of hydrogen-bond donors (Lipinski definition) is 2. The van der Waals surface area contributed by atoms with Gasteiger partial charge in [-0.2, -0.15) is 5.26 Å². The Morgan fingerprint density at radius 1 is 1.14 bits per heavy atom. The topological polar surface area (TPSA) is 110 Å². The molecule has 0 radical (unpaired) electrons. The van der Waals surface area contributed by atoms with E-state index >= 15 is 0 Å². The molecule has 3 aliphatic rings. The van der Waals surface area contributed by atoms with Gasteiger partial charge in [-0.25, -0.2) is 8.78 Å². The Balaban J connectivity index is 1.66. The quantitative estimate of drug-likeness (QED) is 0.503. The molecule has 0 spiro atoms. The Kier molecular flexibility index (Phi) is 8.01. The molecule has 224 valence electrons. The number of carbonyl (C=O) groups excluding carboxylic acids is 2. The van der Waals surface area contributed by atoms with Gasteiger partial charge < -0.3 is 10.4 Å². The van der Waals surface area contributed by atoms with Crippen LogP contribution < -0.4 is 10.2 Å². The Morgan fingerprint density at radius 3 is 2.48 bits per heavy atom. The van der Waals surface area contributed by atoms with Gasteiger partial charge in [0.2, 0.25) is 5.92 Å². The van der Waals surface area contributed by atoms with Crippen molar-refractivity contribution in [3.8, 4) is 6.19 Å². The molecule has 3 atom stereocenters. The molecule has 2 aliphatic carbocycles. The van der Waals surface area contributed by atoms with Crippen molar-refractivity contribution < 1.29 is 23.5 Å². The smallest absolute Gasteiger partial charge is 0.251 e. The molecule has 2 fully saturated rings. The van der Waals surface area contributed by atoms with Crippen LogP contribution in [0.1, 0.15) is 82.4 Å². The summed E-state index contributed by atoms with van der Waals surface area (Å²) in [4.78, 5) is 36.4. The van der Waals surface area contributed by atoms with E-state index < -0.39 is 41.5 Å². The SMILES string of the molecule is CC(C)(C)c1ccc(N(C(=O)[C@H]2C[C@@H](O)CN2C#N)C2(C(=O)NC3CCC(F)(F)CC3)CCCc3ccncc32)cc1. The fourth-order valence-electron chi connectivity index (χ4n) is 6.70. The van der Waals surface area contributed by atoms with E-state index in [-0.39, 0.29) is 50.5 Å². The van der Waals surface area contributed by atoms with Crippen molar-refractivity contribution in [2.75, 3.05) is 11.4 Å². The third kappa shape index (κ3) is 5.59. The number of aromatic nitrogens is 1. The van der Waals surface area contributed by atoms with Crippen LogP contribution in [0.25, 0.3) is 0 Å². The van der Waals surface area contributed by atoms with E-state index in [1.54, 1.807) is 12.4 Å². The van der Waals surface area contributed by atoms with Crippen LogP contribution in [0.4, 0.5) is 14.5 Å². The molecule has 5 rings (SSSR count). The van der Waals surface area contributed by atoms with Crippen molar-refractivity contribution >= 4 is 17.5 Å². The van der Waals surface area contributed by atoms with E-state index in [0.717, 1.165) is 11.1 Å². The van der Waals surface area contributed by atoms with Crippen molar-refractivity contribution in [2.24, 2.45) is 0 Å². The number of rotatable bonds is 5. The van der Waals surface area contributed by atoms with Crippen molar-refractivity contribution in [3.63, 3.8) is 0 Å². The summed E-state index contributed by atoms with van der Waals surface area (Å²) < 4.78 is 27.9. The Labute approximate surface area is 245 Å². The van der Waals surface area contributed by atoms with Gasteiger partial charge in [0.1, 0.15) is 6.04 Å². The van der Waals surface area contributed by atoms with E-state index in [0.29, 0.717) is 24.1 Å². The van der Waals surface area contributed by atoms with Gasteiger partial charge in [0.15, 0.2) is 11.7 Å². The summed E-state index contributed by atoms with van der Waals surface area (Å²) in [6.07, 6.45) is 5.76. The summed E-state index contributed by atoms with van der Waals surface area (Å²) in [5.74, 6) is -3.66. The number of nitriles is 1. The van der Waals surface area contributed by atoms with Gasteiger partial charge in [0.05, 0.1) is 12.6 Å². The third-order valence-corrected chi connectivity index (χ3v) is 9.06. The maximum Gasteiger partial charge on any atom is 0.251 e. The van der Waals surface area contributed by atoms with E-state index in [1.807, 2.05) is 36.5 Å². The molecule has 42 heavy (non-hydrogen) atoms. The number of alkyl halides is 2. The van der Waals surface area contributed by atoms with Gasteiger partial charge in [-0.15, -0.1) is 0 Å². The average Bonchev–Trinajstić information content (AvgIpc) is 3.34. The number of benzene rings is 1.